The minimum atomic E-state index is -0.503. The van der Waals surface area contributed by atoms with E-state index in [0.717, 1.165) is 0 Å². The number of benzene rings is 1. The van der Waals surface area contributed by atoms with Crippen molar-refractivity contribution in [2.45, 2.75) is 33.3 Å². The van der Waals surface area contributed by atoms with E-state index in [1.165, 1.54) is 0 Å². The average molecular weight is 250 g/mol. The molecule has 0 aliphatic heterocycles. The van der Waals surface area contributed by atoms with Crippen LogP contribution in [-0.4, -0.2) is 24.5 Å². The van der Waals surface area contributed by atoms with Gasteiger partial charge in [0, 0.05) is 5.56 Å². The Morgan fingerprint density at radius 2 is 2.00 bits per heavy atom. The van der Waals surface area contributed by atoms with Crippen molar-refractivity contribution < 1.29 is 19.1 Å². The molecule has 4 heteroatoms. The Balaban J connectivity index is 2.66. The highest BCUT2D eigenvalue weighted by atomic mass is 16.5. The zero-order chi connectivity index (χ0) is 13.5. The molecule has 98 valence electrons. The second kappa shape index (κ2) is 6.79. The maximum absolute atomic E-state index is 11.8. The van der Waals surface area contributed by atoms with Gasteiger partial charge in [-0.3, -0.25) is 9.59 Å². The van der Waals surface area contributed by atoms with Crippen LogP contribution in [0.2, 0.25) is 0 Å². The molecule has 0 amide bonds. The van der Waals surface area contributed by atoms with Crippen molar-refractivity contribution in [2.24, 2.45) is 0 Å². The van der Waals surface area contributed by atoms with Crippen LogP contribution in [0.25, 0.3) is 0 Å². The summed E-state index contributed by atoms with van der Waals surface area (Å²) in [6.45, 7) is 5.90. The van der Waals surface area contributed by atoms with Gasteiger partial charge in [0.15, 0.2) is 5.78 Å². The van der Waals surface area contributed by atoms with Gasteiger partial charge in [-0.05, 0) is 32.9 Å². The van der Waals surface area contributed by atoms with Crippen molar-refractivity contribution in [3.05, 3.63) is 29.8 Å². The Morgan fingerprint density at radius 3 is 2.61 bits per heavy atom. The lowest BCUT2D eigenvalue weighted by Crippen LogP contribution is -2.15. The molecule has 0 heterocycles. The number of hydrogen-bond donors (Lipinski definition) is 0. The van der Waals surface area contributed by atoms with Crippen LogP contribution in [-0.2, 0) is 9.53 Å². The summed E-state index contributed by atoms with van der Waals surface area (Å²) in [5, 5.41) is 0. The fraction of sp³-hybridized carbons (Fsp3) is 0.429. The molecule has 0 unspecified atom stereocenters. The lowest BCUT2D eigenvalue weighted by molar-refractivity contribution is -0.146. The second-order valence-electron chi connectivity index (χ2n) is 4.10. The van der Waals surface area contributed by atoms with Crippen molar-refractivity contribution in [3.63, 3.8) is 0 Å². The van der Waals surface area contributed by atoms with Gasteiger partial charge in [-0.25, -0.2) is 0 Å². The van der Waals surface area contributed by atoms with E-state index in [2.05, 4.69) is 0 Å². The first-order chi connectivity index (χ1) is 8.52. The SMILES string of the molecule is CCOc1cccc(C(=O)CC(=O)OC(C)C)c1. The molecule has 1 aromatic rings. The third-order valence-corrected chi connectivity index (χ3v) is 2.14. The molecule has 4 nitrogen and oxygen atoms in total. The number of Topliss-reactive ketones (excluding diaryl/α,β-unsaturated/α-hetero) is 1. The Morgan fingerprint density at radius 1 is 1.28 bits per heavy atom. The lowest BCUT2D eigenvalue weighted by Gasteiger charge is -2.08. The molecule has 0 spiro atoms. The highest BCUT2D eigenvalue weighted by molar-refractivity contribution is 6.06. The quantitative estimate of drug-likeness (QED) is 0.442. The van der Waals surface area contributed by atoms with Crippen molar-refractivity contribution in [1.82, 2.24) is 0 Å². The lowest BCUT2D eigenvalue weighted by atomic mass is 10.1. The molecule has 0 radical (unpaired) electrons. The van der Waals surface area contributed by atoms with Crippen LogP contribution in [0.5, 0.6) is 5.75 Å². The summed E-state index contributed by atoms with van der Waals surface area (Å²) in [7, 11) is 0. The van der Waals surface area contributed by atoms with Crippen LogP contribution >= 0.6 is 0 Å². The maximum Gasteiger partial charge on any atom is 0.313 e. The van der Waals surface area contributed by atoms with E-state index in [0.29, 0.717) is 17.9 Å². The van der Waals surface area contributed by atoms with Crippen LogP contribution in [0.1, 0.15) is 37.6 Å². The molecule has 0 saturated heterocycles. The van der Waals surface area contributed by atoms with Gasteiger partial charge in [-0.2, -0.15) is 0 Å². The molecule has 1 rings (SSSR count). The standard InChI is InChI=1S/C14H18O4/c1-4-17-12-7-5-6-11(8-12)13(15)9-14(16)18-10(2)3/h5-8,10H,4,9H2,1-3H3. The molecule has 0 bridgehead atoms. The number of rotatable bonds is 6. The number of carbonyl (C=O) groups is 2. The monoisotopic (exact) mass is 250 g/mol. The van der Waals surface area contributed by atoms with Crippen molar-refractivity contribution in [2.75, 3.05) is 6.61 Å². The molecule has 1 aromatic carbocycles. The van der Waals surface area contributed by atoms with E-state index >= 15 is 0 Å². The molecular formula is C14H18O4. The topological polar surface area (TPSA) is 52.6 Å². The summed E-state index contributed by atoms with van der Waals surface area (Å²) in [5.74, 6) is -0.139. The van der Waals surface area contributed by atoms with E-state index in [1.54, 1.807) is 38.1 Å². The second-order valence-corrected chi connectivity index (χ2v) is 4.10. The summed E-state index contributed by atoms with van der Waals surface area (Å²) in [6.07, 6.45) is -0.451. The van der Waals surface area contributed by atoms with Gasteiger partial charge >= 0.3 is 5.97 Å². The fourth-order valence-corrected chi connectivity index (χ4v) is 1.46. The van der Waals surface area contributed by atoms with Crippen molar-refractivity contribution in [1.29, 1.82) is 0 Å². The molecule has 0 saturated carbocycles. The number of ether oxygens (including phenoxy) is 2. The fourth-order valence-electron chi connectivity index (χ4n) is 1.46. The maximum atomic E-state index is 11.8. The zero-order valence-corrected chi connectivity index (χ0v) is 10.9. The van der Waals surface area contributed by atoms with E-state index in [1.807, 2.05) is 6.92 Å². The average Bonchev–Trinajstić information content (AvgIpc) is 2.28. The van der Waals surface area contributed by atoms with E-state index < -0.39 is 5.97 Å². The summed E-state index contributed by atoms with van der Waals surface area (Å²) in [4.78, 5) is 23.2. The largest absolute Gasteiger partial charge is 0.494 e. The summed E-state index contributed by atoms with van der Waals surface area (Å²) in [5.41, 5.74) is 0.460. The van der Waals surface area contributed by atoms with Gasteiger partial charge in [-0.1, -0.05) is 12.1 Å². The van der Waals surface area contributed by atoms with Gasteiger partial charge in [-0.15, -0.1) is 0 Å². The van der Waals surface area contributed by atoms with Crippen LogP contribution in [0.3, 0.4) is 0 Å². The van der Waals surface area contributed by atoms with Gasteiger partial charge in [0.05, 0.1) is 12.7 Å². The minimum absolute atomic E-state index is 0.208. The number of esters is 1. The first kappa shape index (κ1) is 14.2. The highest BCUT2D eigenvalue weighted by Crippen LogP contribution is 2.15. The molecule has 0 fully saturated rings. The van der Waals surface area contributed by atoms with Crippen LogP contribution in [0, 0.1) is 0 Å². The molecule has 0 aliphatic rings. The highest BCUT2D eigenvalue weighted by Gasteiger charge is 2.14. The van der Waals surface area contributed by atoms with E-state index in [9.17, 15) is 9.59 Å². The van der Waals surface area contributed by atoms with Gasteiger partial charge in [0.2, 0.25) is 0 Å². The first-order valence-corrected chi connectivity index (χ1v) is 5.98. The third-order valence-electron chi connectivity index (χ3n) is 2.14. The van der Waals surface area contributed by atoms with Crippen LogP contribution < -0.4 is 4.74 Å². The Bertz CT molecular complexity index is 424. The van der Waals surface area contributed by atoms with E-state index in [-0.39, 0.29) is 18.3 Å². The molecule has 0 atom stereocenters. The van der Waals surface area contributed by atoms with Crippen LogP contribution in [0.15, 0.2) is 24.3 Å². The summed E-state index contributed by atoms with van der Waals surface area (Å²) in [6, 6.07) is 6.79. The predicted molar refractivity (Wildman–Crippen MR) is 67.8 cm³/mol. The van der Waals surface area contributed by atoms with Crippen molar-refractivity contribution >= 4 is 11.8 Å². The molecular weight excluding hydrogens is 232 g/mol. The van der Waals surface area contributed by atoms with Gasteiger partial charge in [0.1, 0.15) is 12.2 Å². The summed E-state index contributed by atoms with van der Waals surface area (Å²) >= 11 is 0. The molecule has 0 aromatic heterocycles. The van der Waals surface area contributed by atoms with Gasteiger partial charge in [0.25, 0.3) is 0 Å². The predicted octanol–water partition coefficient (Wildman–Crippen LogP) is 2.61. The number of hydrogen-bond acceptors (Lipinski definition) is 4. The smallest absolute Gasteiger partial charge is 0.313 e. The Labute approximate surface area is 107 Å². The summed E-state index contributed by atoms with van der Waals surface area (Å²) < 4.78 is 10.2. The zero-order valence-electron chi connectivity index (χ0n) is 10.9. The minimum Gasteiger partial charge on any atom is -0.494 e. The number of carbonyl (C=O) groups excluding carboxylic acids is 2. The van der Waals surface area contributed by atoms with Crippen molar-refractivity contribution in [3.8, 4) is 5.75 Å². The van der Waals surface area contributed by atoms with E-state index in [4.69, 9.17) is 9.47 Å². The normalized spacial score (nSPS) is 10.2. The Hall–Kier alpha value is -1.84. The Kier molecular flexibility index (Phi) is 5.36. The molecule has 0 N–H and O–H groups in total. The first-order valence-electron chi connectivity index (χ1n) is 5.98. The number of ketones is 1. The van der Waals surface area contributed by atoms with Crippen LogP contribution in [0.4, 0.5) is 0 Å². The van der Waals surface area contributed by atoms with Gasteiger partial charge < -0.3 is 9.47 Å². The molecule has 18 heavy (non-hydrogen) atoms. The third kappa shape index (κ3) is 4.57. The molecule has 0 aliphatic carbocycles.